The highest BCUT2D eigenvalue weighted by atomic mass is 79.9. The van der Waals surface area contributed by atoms with E-state index in [1.54, 1.807) is 16.1 Å². The number of rotatable bonds is 3. The maximum Gasteiger partial charge on any atom is 0.188 e. The van der Waals surface area contributed by atoms with E-state index in [1.165, 1.54) is 4.88 Å². The van der Waals surface area contributed by atoms with Gasteiger partial charge in [-0.05, 0) is 33.3 Å². The molecule has 0 atom stereocenters. The van der Waals surface area contributed by atoms with Crippen LogP contribution in [-0.4, -0.2) is 20.2 Å². The van der Waals surface area contributed by atoms with Crippen molar-refractivity contribution in [1.29, 1.82) is 0 Å². The summed E-state index contributed by atoms with van der Waals surface area (Å²) in [7, 11) is 0. The third-order valence-electron chi connectivity index (χ3n) is 1.60. The molecule has 5 nitrogen and oxygen atoms in total. The molecule has 2 aromatic heterocycles. The molecule has 0 amide bonds. The van der Waals surface area contributed by atoms with E-state index < -0.39 is 0 Å². The third kappa shape index (κ3) is 2.17. The Bertz CT molecular complexity index is 423. The van der Waals surface area contributed by atoms with Gasteiger partial charge in [-0.3, -0.25) is 0 Å². The number of thiophene rings is 1. The molecule has 0 unspecified atom stereocenters. The van der Waals surface area contributed by atoms with Crippen molar-refractivity contribution in [3.05, 3.63) is 26.6 Å². The minimum atomic E-state index is 0.328. The molecule has 0 bridgehead atoms. The van der Waals surface area contributed by atoms with Gasteiger partial charge in [-0.1, -0.05) is 0 Å². The predicted molar refractivity (Wildman–Crippen MR) is 56.8 cm³/mol. The molecule has 0 aliphatic heterocycles. The van der Waals surface area contributed by atoms with Crippen LogP contribution in [0.25, 0.3) is 0 Å². The number of tetrazole rings is 1. The van der Waals surface area contributed by atoms with E-state index in [0.29, 0.717) is 18.9 Å². The average molecular weight is 274 g/mol. The zero-order chi connectivity index (χ0) is 9.97. The van der Waals surface area contributed by atoms with Gasteiger partial charge in [-0.15, -0.1) is 21.5 Å². The van der Waals surface area contributed by atoms with E-state index in [4.69, 9.17) is 5.73 Å². The van der Waals surface area contributed by atoms with Gasteiger partial charge in [0.2, 0.25) is 0 Å². The van der Waals surface area contributed by atoms with E-state index in [0.717, 1.165) is 3.79 Å². The van der Waals surface area contributed by atoms with E-state index >= 15 is 0 Å². The van der Waals surface area contributed by atoms with Gasteiger partial charge in [0.05, 0.1) is 16.9 Å². The van der Waals surface area contributed by atoms with Gasteiger partial charge >= 0.3 is 0 Å². The molecule has 2 rings (SSSR count). The van der Waals surface area contributed by atoms with E-state index in [9.17, 15) is 0 Å². The second-order valence-electron chi connectivity index (χ2n) is 2.65. The molecule has 7 heteroatoms. The van der Waals surface area contributed by atoms with Crippen LogP contribution in [0.4, 0.5) is 0 Å². The van der Waals surface area contributed by atoms with Crippen molar-refractivity contribution in [2.24, 2.45) is 5.73 Å². The standard InChI is InChI=1S/C7H8BrN5S/c8-6-2-1-5(14-6)4-13-11-7(3-9)10-12-13/h1-2H,3-4,9H2. The lowest BCUT2D eigenvalue weighted by atomic mass is 10.5. The second-order valence-corrected chi connectivity index (χ2v) is 5.19. The zero-order valence-electron chi connectivity index (χ0n) is 7.22. The van der Waals surface area contributed by atoms with E-state index in [1.807, 2.05) is 12.1 Å². The molecule has 0 fully saturated rings. The van der Waals surface area contributed by atoms with Crippen LogP contribution in [0.15, 0.2) is 15.9 Å². The lowest BCUT2D eigenvalue weighted by Crippen LogP contribution is -2.04. The highest BCUT2D eigenvalue weighted by Crippen LogP contribution is 2.22. The van der Waals surface area contributed by atoms with Crippen LogP contribution in [0.2, 0.25) is 0 Å². The van der Waals surface area contributed by atoms with Gasteiger partial charge in [0.15, 0.2) is 5.82 Å². The van der Waals surface area contributed by atoms with E-state index in [-0.39, 0.29) is 0 Å². The molecule has 2 aromatic rings. The molecule has 14 heavy (non-hydrogen) atoms. The largest absolute Gasteiger partial charge is 0.324 e. The number of nitrogens with zero attached hydrogens (tertiary/aromatic N) is 4. The Kier molecular flexibility index (Phi) is 2.90. The molecule has 2 N–H and O–H groups in total. The fraction of sp³-hybridized carbons (Fsp3) is 0.286. The Labute approximate surface area is 93.0 Å². The molecule has 0 aromatic carbocycles. The van der Waals surface area contributed by atoms with Crippen molar-refractivity contribution < 1.29 is 0 Å². The van der Waals surface area contributed by atoms with Crippen LogP contribution >= 0.6 is 27.3 Å². The van der Waals surface area contributed by atoms with Crippen molar-refractivity contribution in [1.82, 2.24) is 20.2 Å². The summed E-state index contributed by atoms with van der Waals surface area (Å²) in [6.07, 6.45) is 0. The predicted octanol–water partition coefficient (Wildman–Crippen LogP) is 1.00. The molecule has 2 heterocycles. The molecule has 0 saturated carbocycles. The summed E-state index contributed by atoms with van der Waals surface area (Å²) in [6, 6.07) is 4.03. The fourth-order valence-corrected chi connectivity index (χ4v) is 2.46. The first-order valence-corrected chi connectivity index (χ1v) is 5.60. The first kappa shape index (κ1) is 9.75. The lowest BCUT2D eigenvalue weighted by Gasteiger charge is -1.93. The number of hydrogen-bond donors (Lipinski definition) is 1. The van der Waals surface area contributed by atoms with Crippen molar-refractivity contribution >= 4 is 27.3 Å². The summed E-state index contributed by atoms with van der Waals surface area (Å²) in [5, 5.41) is 11.8. The number of nitrogens with two attached hydrogens (primary N) is 1. The summed E-state index contributed by atoms with van der Waals surface area (Å²) in [6.45, 7) is 0.970. The summed E-state index contributed by atoms with van der Waals surface area (Å²) >= 11 is 5.05. The van der Waals surface area contributed by atoms with Crippen molar-refractivity contribution in [2.45, 2.75) is 13.1 Å². The Morgan fingerprint density at radius 2 is 2.36 bits per heavy atom. The Balaban J connectivity index is 2.10. The Hall–Kier alpha value is -0.790. The van der Waals surface area contributed by atoms with Crippen LogP contribution in [0, 0.1) is 0 Å². The molecule has 0 aliphatic carbocycles. The highest BCUT2D eigenvalue weighted by Gasteiger charge is 2.03. The molecular weight excluding hydrogens is 266 g/mol. The topological polar surface area (TPSA) is 69.6 Å². The number of hydrogen-bond acceptors (Lipinski definition) is 5. The van der Waals surface area contributed by atoms with Crippen molar-refractivity contribution in [2.75, 3.05) is 0 Å². The Morgan fingerprint density at radius 1 is 1.50 bits per heavy atom. The van der Waals surface area contributed by atoms with Crippen LogP contribution in [0.1, 0.15) is 10.7 Å². The minimum absolute atomic E-state index is 0.328. The molecule has 0 spiro atoms. The smallest absolute Gasteiger partial charge is 0.188 e. The van der Waals surface area contributed by atoms with Gasteiger partial charge in [0, 0.05) is 4.88 Å². The lowest BCUT2D eigenvalue weighted by molar-refractivity contribution is 0.575. The van der Waals surface area contributed by atoms with Crippen LogP contribution in [0.3, 0.4) is 0 Å². The molecule has 0 radical (unpaired) electrons. The highest BCUT2D eigenvalue weighted by molar-refractivity contribution is 9.11. The average Bonchev–Trinajstić information content (AvgIpc) is 2.76. The van der Waals surface area contributed by atoms with Crippen LogP contribution in [-0.2, 0) is 13.1 Å². The maximum absolute atomic E-state index is 5.38. The van der Waals surface area contributed by atoms with Gasteiger partial charge in [0.25, 0.3) is 0 Å². The summed E-state index contributed by atoms with van der Waals surface area (Å²) in [5.41, 5.74) is 5.38. The van der Waals surface area contributed by atoms with Crippen LogP contribution in [0.5, 0.6) is 0 Å². The Morgan fingerprint density at radius 3 is 2.93 bits per heavy atom. The molecule has 74 valence electrons. The SMILES string of the molecule is NCc1nnn(Cc2ccc(Br)s2)n1. The summed E-state index contributed by atoms with van der Waals surface area (Å²) in [5.74, 6) is 0.570. The number of aromatic nitrogens is 4. The molecular formula is C7H8BrN5S. The first-order chi connectivity index (χ1) is 6.78. The third-order valence-corrected chi connectivity index (χ3v) is 3.21. The molecule has 0 aliphatic rings. The maximum atomic E-state index is 5.38. The van der Waals surface area contributed by atoms with Gasteiger partial charge in [-0.2, -0.15) is 4.80 Å². The quantitative estimate of drug-likeness (QED) is 0.906. The van der Waals surface area contributed by atoms with Gasteiger partial charge in [-0.25, -0.2) is 0 Å². The molecule has 0 saturated heterocycles. The normalized spacial score (nSPS) is 10.7. The zero-order valence-corrected chi connectivity index (χ0v) is 9.62. The first-order valence-electron chi connectivity index (χ1n) is 3.99. The summed E-state index contributed by atoms with van der Waals surface area (Å²) in [4.78, 5) is 2.72. The van der Waals surface area contributed by atoms with Crippen molar-refractivity contribution in [3.63, 3.8) is 0 Å². The number of halogens is 1. The van der Waals surface area contributed by atoms with Crippen LogP contribution < -0.4 is 5.73 Å². The van der Waals surface area contributed by atoms with E-state index in [2.05, 4.69) is 31.3 Å². The van der Waals surface area contributed by atoms with Gasteiger partial charge in [0.1, 0.15) is 0 Å². The summed E-state index contributed by atoms with van der Waals surface area (Å²) < 4.78 is 1.10. The monoisotopic (exact) mass is 273 g/mol. The fourth-order valence-electron chi connectivity index (χ4n) is 1.00. The van der Waals surface area contributed by atoms with Crippen molar-refractivity contribution in [3.8, 4) is 0 Å². The van der Waals surface area contributed by atoms with Gasteiger partial charge < -0.3 is 5.73 Å². The minimum Gasteiger partial charge on any atom is -0.324 e. The second kappa shape index (κ2) is 4.16.